The minimum Gasteiger partial charge on any atom is -0.378 e. The molecule has 0 N–H and O–H groups in total. The van der Waals surface area contributed by atoms with E-state index in [0.717, 1.165) is 25.9 Å². The molecule has 0 amide bonds. The van der Waals surface area contributed by atoms with Crippen LogP contribution in [0.2, 0.25) is 0 Å². The maximum atomic E-state index is 11.3. The standard InChI is InChI=1S/C10H15ClO4S/c11-16(12,13)7-9-4-8(9)5-15-10(9)2-1-3-14-6-10/h8H,1-7H2. The number of fused-ring (bicyclic) bond motifs is 2. The van der Waals surface area contributed by atoms with Crippen molar-refractivity contribution in [2.45, 2.75) is 24.9 Å². The molecule has 0 bridgehead atoms. The molecule has 2 saturated heterocycles. The Kier molecular flexibility index (Phi) is 2.35. The van der Waals surface area contributed by atoms with E-state index in [9.17, 15) is 8.42 Å². The zero-order valence-corrected chi connectivity index (χ0v) is 10.5. The summed E-state index contributed by atoms with van der Waals surface area (Å²) >= 11 is 0. The van der Waals surface area contributed by atoms with Crippen LogP contribution >= 0.6 is 10.7 Å². The summed E-state index contributed by atoms with van der Waals surface area (Å²) < 4.78 is 34.0. The van der Waals surface area contributed by atoms with Crippen LogP contribution < -0.4 is 0 Å². The zero-order chi connectivity index (χ0) is 11.4. The molecule has 3 fully saturated rings. The molecule has 2 aliphatic heterocycles. The van der Waals surface area contributed by atoms with Gasteiger partial charge in [-0.3, -0.25) is 0 Å². The van der Waals surface area contributed by atoms with Crippen molar-refractivity contribution in [3.8, 4) is 0 Å². The largest absolute Gasteiger partial charge is 0.378 e. The van der Waals surface area contributed by atoms with Gasteiger partial charge in [0.2, 0.25) is 9.05 Å². The zero-order valence-electron chi connectivity index (χ0n) is 8.95. The third-order valence-electron chi connectivity index (χ3n) is 4.33. The first-order valence-electron chi connectivity index (χ1n) is 5.62. The average molecular weight is 267 g/mol. The lowest BCUT2D eigenvalue weighted by atomic mass is 9.81. The molecule has 16 heavy (non-hydrogen) atoms. The molecule has 4 nitrogen and oxygen atoms in total. The Morgan fingerprint density at radius 2 is 2.25 bits per heavy atom. The Labute approximate surface area is 99.7 Å². The maximum Gasteiger partial charge on any atom is 0.233 e. The summed E-state index contributed by atoms with van der Waals surface area (Å²) in [6.07, 6.45) is 2.76. The molecule has 0 aromatic rings. The highest BCUT2D eigenvalue weighted by atomic mass is 35.7. The van der Waals surface area contributed by atoms with Gasteiger partial charge in [0, 0.05) is 22.7 Å². The summed E-state index contributed by atoms with van der Waals surface area (Å²) in [5.74, 6) is 0.401. The number of halogens is 1. The third kappa shape index (κ3) is 1.52. The molecule has 0 aromatic carbocycles. The summed E-state index contributed by atoms with van der Waals surface area (Å²) in [7, 11) is 1.94. The summed E-state index contributed by atoms with van der Waals surface area (Å²) in [5.41, 5.74) is -0.633. The van der Waals surface area contributed by atoms with E-state index in [1.807, 2.05) is 0 Å². The second kappa shape index (κ2) is 3.34. The van der Waals surface area contributed by atoms with Crippen LogP contribution in [0.25, 0.3) is 0 Å². The highest BCUT2D eigenvalue weighted by Gasteiger charge is 2.73. The van der Waals surface area contributed by atoms with Crippen LogP contribution in [0.5, 0.6) is 0 Å². The van der Waals surface area contributed by atoms with Crippen molar-refractivity contribution in [1.29, 1.82) is 0 Å². The van der Waals surface area contributed by atoms with Crippen molar-refractivity contribution < 1.29 is 17.9 Å². The van der Waals surface area contributed by atoms with E-state index in [2.05, 4.69) is 0 Å². The van der Waals surface area contributed by atoms with E-state index in [1.165, 1.54) is 0 Å². The summed E-state index contributed by atoms with van der Waals surface area (Å²) in [5, 5.41) is 0. The van der Waals surface area contributed by atoms with Crippen LogP contribution in [0.15, 0.2) is 0 Å². The molecule has 1 aliphatic carbocycles. The SMILES string of the molecule is O=S(=O)(Cl)CC12CC1COC21CCCOC1. The molecule has 3 rings (SSSR count). The Balaban J connectivity index is 1.89. The molecule has 3 atom stereocenters. The first kappa shape index (κ1) is 11.3. The van der Waals surface area contributed by atoms with Crippen LogP contribution in [-0.4, -0.2) is 39.6 Å². The van der Waals surface area contributed by atoms with E-state index in [-0.39, 0.29) is 16.8 Å². The van der Waals surface area contributed by atoms with Gasteiger partial charge in [-0.1, -0.05) is 0 Å². The van der Waals surface area contributed by atoms with Crippen LogP contribution in [0.4, 0.5) is 0 Å². The molecule has 3 aliphatic rings. The molecule has 3 unspecified atom stereocenters. The van der Waals surface area contributed by atoms with Crippen molar-refractivity contribution >= 4 is 19.7 Å². The van der Waals surface area contributed by atoms with E-state index >= 15 is 0 Å². The van der Waals surface area contributed by atoms with Gasteiger partial charge in [-0.2, -0.15) is 0 Å². The molecule has 6 heteroatoms. The van der Waals surface area contributed by atoms with Crippen LogP contribution in [-0.2, 0) is 18.5 Å². The fourth-order valence-electron chi connectivity index (χ4n) is 3.45. The van der Waals surface area contributed by atoms with Crippen molar-refractivity contribution in [2.24, 2.45) is 11.3 Å². The van der Waals surface area contributed by atoms with Crippen molar-refractivity contribution in [3.63, 3.8) is 0 Å². The minimum atomic E-state index is -3.46. The van der Waals surface area contributed by atoms with Crippen LogP contribution in [0.3, 0.4) is 0 Å². The topological polar surface area (TPSA) is 52.6 Å². The fourth-order valence-corrected chi connectivity index (χ4v) is 5.27. The Bertz CT molecular complexity index is 401. The van der Waals surface area contributed by atoms with Gasteiger partial charge in [-0.05, 0) is 25.2 Å². The van der Waals surface area contributed by atoms with Gasteiger partial charge in [-0.15, -0.1) is 0 Å². The smallest absolute Gasteiger partial charge is 0.233 e. The molecule has 2 heterocycles. The van der Waals surface area contributed by atoms with E-state index in [4.69, 9.17) is 20.2 Å². The Hall–Kier alpha value is 0.160. The first-order valence-corrected chi connectivity index (χ1v) is 8.09. The highest BCUT2D eigenvalue weighted by molar-refractivity contribution is 8.13. The lowest BCUT2D eigenvalue weighted by molar-refractivity contribution is -0.134. The number of rotatable bonds is 2. The third-order valence-corrected chi connectivity index (χ3v) is 5.52. The van der Waals surface area contributed by atoms with Crippen LogP contribution in [0.1, 0.15) is 19.3 Å². The van der Waals surface area contributed by atoms with Crippen molar-refractivity contribution in [2.75, 3.05) is 25.6 Å². The fraction of sp³-hybridized carbons (Fsp3) is 1.00. The second-order valence-corrected chi connectivity index (χ2v) is 7.98. The predicted octanol–water partition coefficient (Wildman–Crippen LogP) is 1.14. The Morgan fingerprint density at radius 3 is 2.81 bits per heavy atom. The number of hydrogen-bond donors (Lipinski definition) is 0. The Morgan fingerprint density at radius 1 is 1.44 bits per heavy atom. The van der Waals surface area contributed by atoms with Gasteiger partial charge in [0.15, 0.2) is 0 Å². The number of hydrogen-bond acceptors (Lipinski definition) is 4. The van der Waals surface area contributed by atoms with Gasteiger partial charge in [-0.25, -0.2) is 8.42 Å². The average Bonchev–Trinajstić information content (AvgIpc) is 2.82. The summed E-state index contributed by atoms with van der Waals surface area (Å²) in [6, 6.07) is 0. The molecule has 1 saturated carbocycles. The van der Waals surface area contributed by atoms with Crippen molar-refractivity contribution in [1.82, 2.24) is 0 Å². The highest BCUT2D eigenvalue weighted by Crippen LogP contribution is 2.68. The van der Waals surface area contributed by atoms with E-state index in [1.54, 1.807) is 0 Å². The summed E-state index contributed by atoms with van der Waals surface area (Å²) in [4.78, 5) is 0. The lowest BCUT2D eigenvalue weighted by Gasteiger charge is -2.40. The van der Waals surface area contributed by atoms with Gasteiger partial charge >= 0.3 is 0 Å². The molecule has 92 valence electrons. The van der Waals surface area contributed by atoms with E-state index < -0.39 is 9.05 Å². The molecular weight excluding hydrogens is 252 g/mol. The number of ether oxygens (including phenoxy) is 2. The molecule has 0 aromatic heterocycles. The predicted molar refractivity (Wildman–Crippen MR) is 58.9 cm³/mol. The van der Waals surface area contributed by atoms with Gasteiger partial charge in [0.05, 0.1) is 24.6 Å². The minimum absolute atomic E-state index is 0.0373. The molecule has 1 spiro atoms. The summed E-state index contributed by atoms with van der Waals surface area (Å²) in [6.45, 7) is 1.94. The normalized spacial score (nSPS) is 46.9. The van der Waals surface area contributed by atoms with Gasteiger partial charge < -0.3 is 9.47 Å². The monoisotopic (exact) mass is 266 g/mol. The maximum absolute atomic E-state index is 11.3. The van der Waals surface area contributed by atoms with Gasteiger partial charge in [0.25, 0.3) is 0 Å². The quantitative estimate of drug-likeness (QED) is 0.704. The lowest BCUT2D eigenvalue weighted by Crippen LogP contribution is -2.49. The molecule has 0 radical (unpaired) electrons. The van der Waals surface area contributed by atoms with Crippen LogP contribution in [0, 0.1) is 11.3 Å². The first-order chi connectivity index (χ1) is 7.48. The molecular formula is C10H15ClO4S. The van der Waals surface area contributed by atoms with Gasteiger partial charge in [0.1, 0.15) is 0 Å². The van der Waals surface area contributed by atoms with E-state index in [0.29, 0.717) is 19.1 Å². The second-order valence-electron chi connectivity index (χ2n) is 5.20. The van der Waals surface area contributed by atoms with Crippen molar-refractivity contribution in [3.05, 3.63) is 0 Å².